The number of hydrogen-bond acceptors (Lipinski definition) is 4. The van der Waals surface area contributed by atoms with Crippen molar-refractivity contribution >= 4 is 39.1 Å². The minimum atomic E-state index is -3.82. The molecular formula is C31H38ClN3O4S. The van der Waals surface area contributed by atoms with Crippen LogP contribution in [0.25, 0.3) is 0 Å². The van der Waals surface area contributed by atoms with Crippen LogP contribution < -0.4 is 9.62 Å². The first-order chi connectivity index (χ1) is 18.9. The predicted molar refractivity (Wildman–Crippen MR) is 162 cm³/mol. The summed E-state index contributed by atoms with van der Waals surface area (Å²) in [5, 5.41) is 3.58. The number of nitrogens with one attached hydrogen (secondary N) is 1. The number of rotatable bonds is 12. The van der Waals surface area contributed by atoms with E-state index in [0.717, 1.165) is 39.2 Å². The average molecular weight is 584 g/mol. The van der Waals surface area contributed by atoms with Gasteiger partial charge in [-0.05, 0) is 62.1 Å². The Morgan fingerprint density at radius 3 is 2.17 bits per heavy atom. The maximum Gasteiger partial charge on any atom is 0.244 e. The fourth-order valence-electron chi connectivity index (χ4n) is 4.46. The number of anilines is 1. The molecule has 9 heteroatoms. The van der Waals surface area contributed by atoms with E-state index in [9.17, 15) is 18.0 Å². The zero-order chi connectivity index (χ0) is 29.4. The molecule has 0 fully saturated rings. The van der Waals surface area contributed by atoms with Crippen molar-refractivity contribution in [2.45, 2.75) is 59.2 Å². The van der Waals surface area contributed by atoms with Crippen LogP contribution in [-0.2, 0) is 32.6 Å². The zero-order valence-corrected chi connectivity index (χ0v) is 25.3. The van der Waals surface area contributed by atoms with Crippen LogP contribution in [0.3, 0.4) is 0 Å². The number of carbonyl (C=O) groups is 2. The Morgan fingerprint density at radius 2 is 1.60 bits per heavy atom. The second kappa shape index (κ2) is 13.8. The maximum atomic E-state index is 14.1. The second-order valence-corrected chi connectivity index (χ2v) is 12.6. The van der Waals surface area contributed by atoms with Gasteiger partial charge in [0.25, 0.3) is 0 Å². The average Bonchev–Trinajstić information content (AvgIpc) is 2.90. The molecule has 7 nitrogen and oxygen atoms in total. The van der Waals surface area contributed by atoms with Gasteiger partial charge in [0.1, 0.15) is 12.6 Å². The van der Waals surface area contributed by atoms with Crippen LogP contribution in [0.2, 0.25) is 5.02 Å². The molecule has 0 aliphatic heterocycles. The first-order valence-corrected chi connectivity index (χ1v) is 15.5. The normalized spacial score (nSPS) is 12.8. The van der Waals surface area contributed by atoms with Gasteiger partial charge >= 0.3 is 0 Å². The maximum absolute atomic E-state index is 14.1. The summed E-state index contributed by atoms with van der Waals surface area (Å²) in [7, 11) is -3.82. The van der Waals surface area contributed by atoms with Gasteiger partial charge in [-0.3, -0.25) is 13.9 Å². The van der Waals surface area contributed by atoms with Gasteiger partial charge in [-0.25, -0.2) is 8.42 Å². The summed E-state index contributed by atoms with van der Waals surface area (Å²) in [6.07, 6.45) is 2.08. The molecular weight excluding hydrogens is 546 g/mol. The summed E-state index contributed by atoms with van der Waals surface area (Å²) in [6.45, 7) is 7.28. The minimum absolute atomic E-state index is 0.0963. The predicted octanol–water partition coefficient (Wildman–Crippen LogP) is 5.28. The monoisotopic (exact) mass is 583 g/mol. The van der Waals surface area contributed by atoms with Gasteiger partial charge in [-0.15, -0.1) is 0 Å². The number of benzene rings is 3. The molecule has 0 unspecified atom stereocenters. The molecule has 0 saturated heterocycles. The highest BCUT2D eigenvalue weighted by molar-refractivity contribution is 7.92. The number of aryl methyl sites for hydroxylation is 2. The van der Waals surface area contributed by atoms with Crippen molar-refractivity contribution in [2.75, 3.05) is 17.1 Å². The van der Waals surface area contributed by atoms with E-state index < -0.39 is 28.5 Å². The Balaban J connectivity index is 2.07. The first kappa shape index (κ1) is 31.2. The van der Waals surface area contributed by atoms with Gasteiger partial charge < -0.3 is 10.2 Å². The molecule has 3 aromatic rings. The fourth-order valence-corrected chi connectivity index (χ4v) is 5.49. The Labute approximate surface area is 243 Å². The number of hydrogen-bond donors (Lipinski definition) is 1. The summed E-state index contributed by atoms with van der Waals surface area (Å²) >= 11 is 6.10. The molecule has 3 rings (SSSR count). The van der Waals surface area contributed by atoms with E-state index in [4.69, 9.17) is 11.6 Å². The Morgan fingerprint density at radius 1 is 0.950 bits per heavy atom. The van der Waals surface area contributed by atoms with Crippen molar-refractivity contribution in [1.29, 1.82) is 0 Å². The quantitative estimate of drug-likeness (QED) is 0.314. The van der Waals surface area contributed by atoms with E-state index >= 15 is 0 Å². The van der Waals surface area contributed by atoms with Crippen LogP contribution >= 0.6 is 11.6 Å². The van der Waals surface area contributed by atoms with E-state index in [1.807, 2.05) is 70.2 Å². The van der Waals surface area contributed by atoms with Crippen LogP contribution in [0.1, 0.15) is 42.5 Å². The van der Waals surface area contributed by atoms with Crippen LogP contribution in [0.4, 0.5) is 5.69 Å². The Hall–Kier alpha value is -3.36. The molecule has 1 N–H and O–H groups in total. The lowest BCUT2D eigenvalue weighted by Crippen LogP contribution is -2.54. The highest BCUT2D eigenvalue weighted by atomic mass is 35.5. The van der Waals surface area contributed by atoms with Crippen molar-refractivity contribution in [3.05, 3.63) is 100 Å². The number of carbonyl (C=O) groups excluding carboxylic acids is 2. The molecule has 0 aliphatic carbocycles. The summed E-state index contributed by atoms with van der Waals surface area (Å²) < 4.78 is 27.0. The number of sulfonamides is 1. The molecule has 0 saturated carbocycles. The van der Waals surface area contributed by atoms with Crippen molar-refractivity contribution in [2.24, 2.45) is 0 Å². The van der Waals surface area contributed by atoms with Crippen LogP contribution in [-0.4, -0.2) is 50.0 Å². The van der Waals surface area contributed by atoms with Crippen molar-refractivity contribution in [3.63, 3.8) is 0 Å². The van der Waals surface area contributed by atoms with Gasteiger partial charge in [-0.2, -0.15) is 0 Å². The summed E-state index contributed by atoms with van der Waals surface area (Å²) in [5.41, 5.74) is 3.80. The molecule has 2 atom stereocenters. The molecule has 3 aromatic carbocycles. The van der Waals surface area contributed by atoms with Gasteiger partial charge in [0, 0.05) is 24.0 Å². The third-order valence-electron chi connectivity index (χ3n) is 6.84. The molecule has 0 aromatic heterocycles. The van der Waals surface area contributed by atoms with Gasteiger partial charge in [0.15, 0.2) is 0 Å². The Bertz CT molecular complexity index is 1410. The molecule has 0 heterocycles. The standard InChI is InChI=1S/C31H38ClN3O4S/c1-6-24(4)33-31(37)29(19-25-10-8-7-9-11-25)34(20-26-13-15-27(32)16-14-26)30(36)21-35(40(5,38)39)28-17-12-22(2)18-23(28)3/h7-18,24,29H,6,19-21H2,1-5H3,(H,33,37)/t24-,29-/m0/s1. The van der Waals surface area contributed by atoms with E-state index in [1.165, 1.54) is 4.90 Å². The molecule has 2 amide bonds. The molecule has 0 radical (unpaired) electrons. The molecule has 0 aliphatic rings. The molecule has 0 bridgehead atoms. The van der Waals surface area contributed by atoms with Crippen LogP contribution in [0, 0.1) is 13.8 Å². The largest absolute Gasteiger partial charge is 0.352 e. The Kier molecular flexibility index (Phi) is 10.8. The van der Waals surface area contributed by atoms with Crippen molar-refractivity contribution < 1.29 is 18.0 Å². The van der Waals surface area contributed by atoms with Crippen molar-refractivity contribution in [1.82, 2.24) is 10.2 Å². The van der Waals surface area contributed by atoms with Crippen LogP contribution in [0.15, 0.2) is 72.8 Å². The lowest BCUT2D eigenvalue weighted by molar-refractivity contribution is -0.140. The lowest BCUT2D eigenvalue weighted by atomic mass is 10.0. The van der Waals surface area contributed by atoms with Gasteiger partial charge in [0.2, 0.25) is 21.8 Å². The van der Waals surface area contributed by atoms with Crippen molar-refractivity contribution in [3.8, 4) is 0 Å². The number of nitrogens with zero attached hydrogens (tertiary/aromatic N) is 2. The highest BCUT2D eigenvalue weighted by Crippen LogP contribution is 2.25. The second-order valence-electron chi connectivity index (χ2n) is 10.2. The summed E-state index contributed by atoms with van der Waals surface area (Å²) in [4.78, 5) is 29.3. The van der Waals surface area contributed by atoms with Gasteiger partial charge in [0.05, 0.1) is 11.9 Å². The number of amides is 2. The van der Waals surface area contributed by atoms with Gasteiger partial charge in [-0.1, -0.05) is 78.7 Å². The molecule has 214 valence electrons. The highest BCUT2D eigenvalue weighted by Gasteiger charge is 2.33. The molecule has 40 heavy (non-hydrogen) atoms. The smallest absolute Gasteiger partial charge is 0.244 e. The minimum Gasteiger partial charge on any atom is -0.352 e. The van der Waals surface area contributed by atoms with Crippen LogP contribution in [0.5, 0.6) is 0 Å². The third-order valence-corrected chi connectivity index (χ3v) is 8.22. The SMILES string of the molecule is CC[C@H](C)NC(=O)[C@H](Cc1ccccc1)N(Cc1ccc(Cl)cc1)C(=O)CN(c1ccc(C)cc1C)S(C)(=O)=O. The van der Waals surface area contributed by atoms with E-state index in [0.29, 0.717) is 10.7 Å². The first-order valence-electron chi connectivity index (χ1n) is 13.3. The van der Waals surface area contributed by atoms with E-state index in [1.54, 1.807) is 30.3 Å². The fraction of sp³-hybridized carbons (Fsp3) is 0.355. The summed E-state index contributed by atoms with van der Waals surface area (Å²) in [6, 6.07) is 21.0. The topological polar surface area (TPSA) is 86.8 Å². The van der Waals surface area contributed by atoms with E-state index in [2.05, 4.69) is 5.32 Å². The summed E-state index contributed by atoms with van der Waals surface area (Å²) in [5.74, 6) is -0.779. The number of halogens is 1. The lowest BCUT2D eigenvalue weighted by Gasteiger charge is -2.34. The third kappa shape index (κ3) is 8.57. The molecule has 0 spiro atoms. The zero-order valence-electron chi connectivity index (χ0n) is 23.7. The van der Waals surface area contributed by atoms with E-state index in [-0.39, 0.29) is 24.9 Å².